The van der Waals surface area contributed by atoms with Gasteiger partial charge in [0, 0.05) is 5.39 Å². The highest BCUT2D eigenvalue weighted by Gasteiger charge is 2.19. The fourth-order valence-corrected chi connectivity index (χ4v) is 3.20. The minimum absolute atomic E-state index is 0.0599. The molecule has 98 valence electrons. The van der Waals surface area contributed by atoms with Crippen LogP contribution in [0.15, 0.2) is 53.4 Å². The van der Waals surface area contributed by atoms with Gasteiger partial charge in [-0.2, -0.15) is 13.7 Å². The molecule has 0 bridgehead atoms. The molecule has 3 rings (SSSR count). The first-order chi connectivity index (χ1) is 9.50. The molecule has 5 heteroatoms. The van der Waals surface area contributed by atoms with Crippen LogP contribution in [0.3, 0.4) is 0 Å². The van der Waals surface area contributed by atoms with E-state index in [0.29, 0.717) is 10.8 Å². The molecule has 0 atom stereocenters. The highest BCUT2D eigenvalue weighted by Crippen LogP contribution is 2.30. The molecular weight excluding hydrogens is 274 g/mol. The zero-order valence-electron chi connectivity index (χ0n) is 10.2. The van der Waals surface area contributed by atoms with E-state index in [4.69, 9.17) is 5.26 Å². The molecule has 0 aliphatic rings. The lowest BCUT2D eigenvalue weighted by atomic mass is 10.0. The fraction of sp³-hybridized carbons (Fsp3) is 0. The van der Waals surface area contributed by atoms with Gasteiger partial charge in [-0.1, -0.05) is 30.3 Å². The summed E-state index contributed by atoms with van der Waals surface area (Å²) in [5.41, 5.74) is -0.0599. The lowest BCUT2D eigenvalue weighted by Gasteiger charge is -2.08. The summed E-state index contributed by atoms with van der Waals surface area (Å²) in [5.74, 6) is 0. The van der Waals surface area contributed by atoms with Crippen molar-refractivity contribution in [2.45, 2.75) is 4.90 Å². The number of fused-ring (bicyclic) bond motifs is 2. The molecule has 0 radical (unpaired) electrons. The molecule has 0 aliphatic heterocycles. The standard InChI is InChI=1S/C15H9NO3S/c16-9-13-6-5-12-7-10-3-1-2-4-11(10)8-14(12)15(13)20(17,18)19/h1-8H,(H,17,18,19). The molecule has 0 spiro atoms. The Morgan fingerprint density at radius 3 is 2.20 bits per heavy atom. The third kappa shape index (κ3) is 1.92. The van der Waals surface area contributed by atoms with E-state index in [1.165, 1.54) is 6.07 Å². The maximum absolute atomic E-state index is 11.6. The van der Waals surface area contributed by atoms with Crippen LogP contribution in [0.2, 0.25) is 0 Å². The van der Waals surface area contributed by atoms with Crippen LogP contribution in [0.1, 0.15) is 5.56 Å². The normalized spacial score (nSPS) is 11.6. The molecule has 0 heterocycles. The minimum atomic E-state index is -4.46. The van der Waals surface area contributed by atoms with E-state index < -0.39 is 10.1 Å². The van der Waals surface area contributed by atoms with E-state index in [1.54, 1.807) is 18.2 Å². The topological polar surface area (TPSA) is 78.2 Å². The molecule has 0 saturated carbocycles. The van der Waals surface area contributed by atoms with E-state index >= 15 is 0 Å². The van der Waals surface area contributed by atoms with Gasteiger partial charge in [0.15, 0.2) is 0 Å². The van der Waals surface area contributed by atoms with Crippen molar-refractivity contribution in [3.8, 4) is 6.07 Å². The number of hydrogen-bond donors (Lipinski definition) is 1. The van der Waals surface area contributed by atoms with Crippen molar-refractivity contribution >= 4 is 31.7 Å². The summed E-state index contributed by atoms with van der Waals surface area (Å²) in [6, 6.07) is 15.9. The maximum Gasteiger partial charge on any atom is 0.296 e. The second-order valence-electron chi connectivity index (χ2n) is 4.45. The Kier molecular flexibility index (Phi) is 2.71. The van der Waals surface area contributed by atoms with E-state index in [0.717, 1.165) is 10.8 Å². The summed E-state index contributed by atoms with van der Waals surface area (Å²) in [7, 11) is -4.46. The van der Waals surface area contributed by atoms with Crippen LogP contribution in [0.5, 0.6) is 0 Å². The second kappa shape index (κ2) is 4.30. The molecule has 0 aromatic heterocycles. The van der Waals surface area contributed by atoms with Crippen molar-refractivity contribution in [2.75, 3.05) is 0 Å². The van der Waals surface area contributed by atoms with Crippen LogP contribution < -0.4 is 0 Å². The monoisotopic (exact) mass is 283 g/mol. The van der Waals surface area contributed by atoms with Gasteiger partial charge in [0.05, 0.1) is 5.56 Å². The Bertz CT molecular complexity index is 985. The van der Waals surface area contributed by atoms with Crippen molar-refractivity contribution in [3.05, 3.63) is 54.1 Å². The summed E-state index contributed by atoms with van der Waals surface area (Å²) >= 11 is 0. The van der Waals surface area contributed by atoms with Crippen LogP contribution in [0.25, 0.3) is 21.5 Å². The summed E-state index contributed by atoms with van der Waals surface area (Å²) in [4.78, 5) is -0.330. The lowest BCUT2D eigenvalue weighted by Crippen LogP contribution is -2.02. The first-order valence-corrected chi connectivity index (χ1v) is 7.28. The quantitative estimate of drug-likeness (QED) is 0.550. The molecule has 4 nitrogen and oxygen atoms in total. The first-order valence-electron chi connectivity index (χ1n) is 5.84. The summed E-state index contributed by atoms with van der Waals surface area (Å²) in [5, 5.41) is 11.9. The molecule has 0 saturated heterocycles. The van der Waals surface area contributed by atoms with Gasteiger partial charge in [0.1, 0.15) is 11.0 Å². The smallest absolute Gasteiger partial charge is 0.282 e. The summed E-state index contributed by atoms with van der Waals surface area (Å²) < 4.78 is 32.5. The number of benzene rings is 3. The number of nitrogens with zero attached hydrogens (tertiary/aromatic N) is 1. The number of rotatable bonds is 1. The van der Waals surface area contributed by atoms with Crippen LogP contribution in [-0.2, 0) is 10.1 Å². The highest BCUT2D eigenvalue weighted by molar-refractivity contribution is 7.86. The van der Waals surface area contributed by atoms with Gasteiger partial charge in [-0.25, -0.2) is 0 Å². The van der Waals surface area contributed by atoms with Gasteiger partial charge in [-0.3, -0.25) is 4.55 Å². The first kappa shape index (κ1) is 12.6. The minimum Gasteiger partial charge on any atom is -0.282 e. The third-order valence-electron chi connectivity index (χ3n) is 3.22. The lowest BCUT2D eigenvalue weighted by molar-refractivity contribution is 0.484. The molecule has 0 fully saturated rings. The molecule has 0 unspecified atom stereocenters. The third-order valence-corrected chi connectivity index (χ3v) is 4.17. The Morgan fingerprint density at radius 1 is 0.950 bits per heavy atom. The SMILES string of the molecule is N#Cc1ccc2cc3ccccc3cc2c1S(=O)(=O)O. The van der Waals surface area contributed by atoms with Crippen molar-refractivity contribution in [1.29, 1.82) is 5.26 Å². The molecule has 0 aliphatic carbocycles. The molecule has 20 heavy (non-hydrogen) atoms. The van der Waals surface area contributed by atoms with Crippen LogP contribution in [-0.4, -0.2) is 13.0 Å². The second-order valence-corrected chi connectivity index (χ2v) is 5.81. The van der Waals surface area contributed by atoms with Gasteiger partial charge in [-0.15, -0.1) is 0 Å². The van der Waals surface area contributed by atoms with E-state index in [9.17, 15) is 13.0 Å². The predicted molar refractivity (Wildman–Crippen MR) is 76.0 cm³/mol. The van der Waals surface area contributed by atoms with E-state index in [-0.39, 0.29) is 10.5 Å². The maximum atomic E-state index is 11.6. The molecule has 0 amide bonds. The average Bonchev–Trinajstić information content (AvgIpc) is 2.42. The van der Waals surface area contributed by atoms with Crippen molar-refractivity contribution in [1.82, 2.24) is 0 Å². The van der Waals surface area contributed by atoms with Crippen LogP contribution in [0.4, 0.5) is 0 Å². The van der Waals surface area contributed by atoms with Gasteiger partial charge in [0.25, 0.3) is 10.1 Å². The molecule has 3 aromatic carbocycles. The summed E-state index contributed by atoms with van der Waals surface area (Å²) in [6.07, 6.45) is 0. The predicted octanol–water partition coefficient (Wildman–Crippen LogP) is 3.11. The van der Waals surface area contributed by atoms with Gasteiger partial charge < -0.3 is 0 Å². The summed E-state index contributed by atoms with van der Waals surface area (Å²) in [6.45, 7) is 0. The fourth-order valence-electron chi connectivity index (χ4n) is 2.35. The zero-order valence-corrected chi connectivity index (χ0v) is 11.1. The van der Waals surface area contributed by atoms with Crippen molar-refractivity contribution in [2.24, 2.45) is 0 Å². The molecule has 1 N–H and O–H groups in total. The average molecular weight is 283 g/mol. The van der Waals surface area contributed by atoms with Gasteiger partial charge >= 0.3 is 0 Å². The van der Waals surface area contributed by atoms with Gasteiger partial charge in [-0.05, 0) is 34.4 Å². The largest absolute Gasteiger partial charge is 0.296 e. The number of hydrogen-bond acceptors (Lipinski definition) is 3. The zero-order chi connectivity index (χ0) is 14.3. The molecule has 3 aromatic rings. The van der Waals surface area contributed by atoms with E-state index in [1.807, 2.05) is 30.3 Å². The Balaban J connectivity index is 2.57. The Hall–Kier alpha value is -2.42. The van der Waals surface area contributed by atoms with Crippen molar-refractivity contribution in [3.63, 3.8) is 0 Å². The molecular formula is C15H9NO3S. The van der Waals surface area contributed by atoms with Crippen LogP contribution >= 0.6 is 0 Å². The van der Waals surface area contributed by atoms with Crippen LogP contribution in [0, 0.1) is 11.3 Å². The van der Waals surface area contributed by atoms with Gasteiger partial charge in [0.2, 0.25) is 0 Å². The highest BCUT2D eigenvalue weighted by atomic mass is 32.2. The van der Waals surface area contributed by atoms with E-state index in [2.05, 4.69) is 0 Å². The Labute approximate surface area is 115 Å². The Morgan fingerprint density at radius 2 is 1.60 bits per heavy atom. The number of nitriles is 1. The van der Waals surface area contributed by atoms with Crippen molar-refractivity contribution < 1.29 is 13.0 Å².